The summed E-state index contributed by atoms with van der Waals surface area (Å²) in [5, 5.41) is 14.6. The number of nitrogens with one attached hydrogen (secondary N) is 2. The zero-order valence-electron chi connectivity index (χ0n) is 21.0. The van der Waals surface area contributed by atoms with Crippen molar-refractivity contribution < 1.29 is 16.4 Å². The maximum Gasteiger partial charge on any atom is 0.273 e. The van der Waals surface area contributed by atoms with Crippen LogP contribution in [0.5, 0.6) is 0 Å². The summed E-state index contributed by atoms with van der Waals surface area (Å²) in [5.41, 5.74) is 2.93. The molecule has 5 aromatic heterocycles. The Balaban J connectivity index is 0.00000242. The molecular formula is C26H22F2N10OS. The third-order valence-electron chi connectivity index (χ3n) is 5.54. The number of aromatic nitrogens is 7. The molecule has 0 atom stereocenters. The summed E-state index contributed by atoms with van der Waals surface area (Å²) in [6, 6.07) is 11.0. The SMILES string of the molecule is Cc1cc(Nc2nsc(C#N)n2)nc(-c2cnc(C(=O)NCc3ccc(-c4ccc(F)nc4C)nc3)c(F)c2)n1.[HH].[HH]. The minimum Gasteiger partial charge on any atom is -0.346 e. The monoisotopic (exact) mass is 560 g/mol. The molecule has 14 heteroatoms. The Morgan fingerprint density at radius 2 is 1.90 bits per heavy atom. The number of carbonyl (C=O) groups is 1. The molecule has 11 nitrogen and oxygen atoms in total. The minimum absolute atomic E-state index is 0. The van der Waals surface area contributed by atoms with E-state index in [9.17, 15) is 13.6 Å². The highest BCUT2D eigenvalue weighted by atomic mass is 32.1. The van der Waals surface area contributed by atoms with Gasteiger partial charge in [-0.25, -0.2) is 24.3 Å². The minimum atomic E-state index is -0.845. The van der Waals surface area contributed by atoms with E-state index in [1.165, 1.54) is 12.3 Å². The molecule has 0 spiro atoms. The van der Waals surface area contributed by atoms with Crippen molar-refractivity contribution in [3.63, 3.8) is 0 Å². The normalized spacial score (nSPS) is 10.7. The van der Waals surface area contributed by atoms with Crippen LogP contribution in [-0.4, -0.2) is 40.2 Å². The number of pyridine rings is 3. The number of nitriles is 1. The number of rotatable bonds is 7. The van der Waals surface area contributed by atoms with Gasteiger partial charge >= 0.3 is 0 Å². The van der Waals surface area contributed by atoms with E-state index in [4.69, 9.17) is 5.26 Å². The first-order valence-electron chi connectivity index (χ1n) is 11.7. The quantitative estimate of drug-likeness (QED) is 0.266. The summed E-state index contributed by atoms with van der Waals surface area (Å²) in [7, 11) is 0. The molecule has 0 aliphatic rings. The van der Waals surface area contributed by atoms with Gasteiger partial charge in [0, 0.05) is 50.4 Å². The maximum absolute atomic E-state index is 14.9. The molecule has 0 aliphatic carbocycles. The predicted molar refractivity (Wildman–Crippen MR) is 145 cm³/mol. The number of carbonyl (C=O) groups excluding carboxylic acids is 1. The van der Waals surface area contributed by atoms with E-state index < -0.39 is 17.7 Å². The molecule has 0 aliphatic heterocycles. The number of amides is 1. The van der Waals surface area contributed by atoms with E-state index in [2.05, 4.69) is 44.9 Å². The average Bonchev–Trinajstić information content (AvgIpc) is 3.39. The van der Waals surface area contributed by atoms with Crippen LogP contribution < -0.4 is 10.6 Å². The fourth-order valence-electron chi connectivity index (χ4n) is 3.68. The number of nitrogens with zero attached hydrogens (tertiary/aromatic N) is 8. The van der Waals surface area contributed by atoms with Crippen LogP contribution in [0.4, 0.5) is 20.5 Å². The van der Waals surface area contributed by atoms with Gasteiger partial charge in [0.15, 0.2) is 17.3 Å². The molecular weight excluding hydrogens is 538 g/mol. The number of anilines is 2. The van der Waals surface area contributed by atoms with Crippen molar-refractivity contribution in [2.24, 2.45) is 0 Å². The molecule has 5 heterocycles. The van der Waals surface area contributed by atoms with Crippen molar-refractivity contribution in [3.8, 4) is 28.7 Å². The van der Waals surface area contributed by atoms with Crippen LogP contribution in [0.25, 0.3) is 22.6 Å². The molecule has 0 saturated carbocycles. The molecule has 0 radical (unpaired) electrons. The number of aryl methyl sites for hydroxylation is 2. The highest BCUT2D eigenvalue weighted by Crippen LogP contribution is 2.22. The summed E-state index contributed by atoms with van der Waals surface area (Å²) in [6.07, 6.45) is 2.87. The maximum atomic E-state index is 14.9. The van der Waals surface area contributed by atoms with Crippen LogP contribution in [0.15, 0.2) is 48.8 Å². The second-order valence-electron chi connectivity index (χ2n) is 8.43. The third kappa shape index (κ3) is 5.89. The average molecular weight is 561 g/mol. The predicted octanol–water partition coefficient (Wildman–Crippen LogP) is 4.78. The Bertz CT molecular complexity index is 1780. The van der Waals surface area contributed by atoms with E-state index in [0.29, 0.717) is 34.0 Å². The molecule has 40 heavy (non-hydrogen) atoms. The number of halogens is 2. The fraction of sp³-hybridized carbons (Fsp3) is 0.115. The molecule has 0 fully saturated rings. The second kappa shape index (κ2) is 11.2. The van der Waals surface area contributed by atoms with Gasteiger partial charge in [-0.3, -0.25) is 9.78 Å². The van der Waals surface area contributed by atoms with Crippen LogP contribution >= 0.6 is 11.5 Å². The lowest BCUT2D eigenvalue weighted by Gasteiger charge is -2.09. The highest BCUT2D eigenvalue weighted by Gasteiger charge is 2.17. The molecule has 0 saturated heterocycles. The fourth-order valence-corrected chi connectivity index (χ4v) is 4.11. The molecule has 5 aromatic rings. The zero-order chi connectivity index (χ0) is 28.2. The third-order valence-corrected chi connectivity index (χ3v) is 6.16. The summed E-state index contributed by atoms with van der Waals surface area (Å²) in [4.78, 5) is 37.5. The lowest BCUT2D eigenvalue weighted by molar-refractivity contribution is 0.0941. The molecule has 0 bridgehead atoms. The number of hydrogen-bond acceptors (Lipinski definition) is 11. The second-order valence-corrected chi connectivity index (χ2v) is 9.19. The van der Waals surface area contributed by atoms with Crippen LogP contribution in [-0.2, 0) is 6.54 Å². The van der Waals surface area contributed by atoms with Crippen molar-refractivity contribution in [2.45, 2.75) is 20.4 Å². The molecule has 1 amide bonds. The summed E-state index contributed by atoms with van der Waals surface area (Å²) >= 11 is 0.940. The van der Waals surface area contributed by atoms with Gasteiger partial charge in [-0.2, -0.15) is 19.0 Å². The smallest absolute Gasteiger partial charge is 0.273 e. The molecule has 0 aromatic carbocycles. The first-order chi connectivity index (χ1) is 19.3. The van der Waals surface area contributed by atoms with Crippen LogP contribution in [0.2, 0.25) is 0 Å². The Kier molecular flexibility index (Phi) is 7.38. The Hall–Kier alpha value is -5.29. The van der Waals surface area contributed by atoms with E-state index in [0.717, 1.165) is 17.6 Å². The van der Waals surface area contributed by atoms with Crippen molar-refractivity contribution >= 4 is 29.2 Å². The molecule has 202 valence electrons. The van der Waals surface area contributed by atoms with Gasteiger partial charge in [-0.05, 0) is 55.2 Å². The Morgan fingerprint density at radius 1 is 1.05 bits per heavy atom. The summed E-state index contributed by atoms with van der Waals surface area (Å²) < 4.78 is 32.2. The summed E-state index contributed by atoms with van der Waals surface area (Å²) in [6.45, 7) is 3.51. The van der Waals surface area contributed by atoms with Gasteiger partial charge in [-0.1, -0.05) is 6.07 Å². The summed E-state index contributed by atoms with van der Waals surface area (Å²) in [5.74, 6) is -1.40. The highest BCUT2D eigenvalue weighted by molar-refractivity contribution is 7.06. The van der Waals surface area contributed by atoms with E-state index >= 15 is 0 Å². The lowest BCUT2D eigenvalue weighted by Crippen LogP contribution is -2.25. The van der Waals surface area contributed by atoms with Gasteiger partial charge in [0.05, 0.1) is 5.69 Å². The van der Waals surface area contributed by atoms with Gasteiger partial charge in [0.2, 0.25) is 16.9 Å². The largest absolute Gasteiger partial charge is 0.346 e. The molecule has 0 unspecified atom stereocenters. The van der Waals surface area contributed by atoms with E-state index in [1.807, 2.05) is 6.07 Å². The van der Waals surface area contributed by atoms with Crippen LogP contribution in [0.3, 0.4) is 0 Å². The Morgan fingerprint density at radius 3 is 2.60 bits per heavy atom. The molecule has 5 rings (SSSR count). The number of hydrogen-bond donors (Lipinski definition) is 2. The van der Waals surface area contributed by atoms with E-state index in [1.54, 1.807) is 44.3 Å². The topological polar surface area (TPSA) is 155 Å². The van der Waals surface area contributed by atoms with Crippen LogP contribution in [0, 0.1) is 36.9 Å². The lowest BCUT2D eigenvalue weighted by atomic mass is 10.1. The van der Waals surface area contributed by atoms with E-state index in [-0.39, 0.29) is 37.4 Å². The Labute approximate surface area is 233 Å². The first-order valence-corrected chi connectivity index (χ1v) is 12.5. The zero-order valence-corrected chi connectivity index (χ0v) is 21.8. The van der Waals surface area contributed by atoms with Crippen molar-refractivity contribution in [2.75, 3.05) is 5.32 Å². The molecule has 2 N–H and O–H groups in total. The van der Waals surface area contributed by atoms with Crippen molar-refractivity contribution in [3.05, 3.63) is 88.2 Å². The standard InChI is InChI=1S/C26H18F2N10OS.2H2/c1-13-7-21(36-26-37-22(9-29)40-38-26)35-24(33-13)16-8-18(27)23(31-12-16)25(39)32-11-15-3-5-19(30-10-15)17-4-6-20(28)34-14(17)2;;/h3-8,10,12H,11H2,1-2H3,(H,32,39)(H,33,35,36,38);2*1H. The van der Waals surface area contributed by atoms with Crippen molar-refractivity contribution in [1.29, 1.82) is 5.26 Å². The van der Waals surface area contributed by atoms with Crippen molar-refractivity contribution in [1.82, 2.24) is 39.6 Å². The van der Waals surface area contributed by atoms with Gasteiger partial charge in [0.25, 0.3) is 5.91 Å². The first kappa shape index (κ1) is 26.3. The van der Waals surface area contributed by atoms with Gasteiger partial charge in [0.1, 0.15) is 11.9 Å². The van der Waals surface area contributed by atoms with Gasteiger partial charge < -0.3 is 10.6 Å². The van der Waals surface area contributed by atoms with Crippen LogP contribution in [0.1, 0.15) is 35.3 Å². The van der Waals surface area contributed by atoms with Gasteiger partial charge in [-0.15, -0.1) is 0 Å².